The third kappa shape index (κ3) is 7.64. The van der Waals surface area contributed by atoms with E-state index in [9.17, 15) is 27.6 Å². The van der Waals surface area contributed by atoms with Crippen LogP contribution in [0, 0.1) is 0 Å². The van der Waals surface area contributed by atoms with Crippen molar-refractivity contribution in [1.29, 1.82) is 0 Å². The van der Waals surface area contributed by atoms with E-state index in [2.05, 4.69) is 25.3 Å². The molecular weight excluding hydrogens is 545 g/mol. The number of oxazole rings is 1. The minimum Gasteiger partial charge on any atom is -0.446 e. The number of ether oxygens (including phenoxy) is 1. The minimum atomic E-state index is -5.14. The van der Waals surface area contributed by atoms with Gasteiger partial charge in [-0.2, -0.15) is 13.2 Å². The number of halogens is 3. The van der Waals surface area contributed by atoms with Crippen molar-refractivity contribution >= 4 is 34.4 Å². The predicted octanol–water partition coefficient (Wildman–Crippen LogP) is 3.02. The van der Waals surface area contributed by atoms with E-state index in [-0.39, 0.29) is 35.1 Å². The zero-order valence-corrected chi connectivity index (χ0v) is 21.4. The number of rotatable bonds is 10. The summed E-state index contributed by atoms with van der Waals surface area (Å²) in [5, 5.41) is 5.83. The molecule has 0 aliphatic rings. The molecule has 4 aromatic rings. The van der Waals surface area contributed by atoms with E-state index in [1.165, 1.54) is 24.4 Å². The lowest BCUT2D eigenvalue weighted by Gasteiger charge is -2.18. The summed E-state index contributed by atoms with van der Waals surface area (Å²) in [5.74, 6) is -3.71. The molecule has 0 spiro atoms. The molecule has 0 unspecified atom stereocenters. The average Bonchev–Trinajstić information content (AvgIpc) is 3.45. The quantitative estimate of drug-likeness (QED) is 0.165. The van der Waals surface area contributed by atoms with E-state index in [1.54, 1.807) is 0 Å². The number of carbonyl (C=O) groups excluding carboxylic acids is 3. The standard InChI is InChI=1S/C27H25F3N6O5/c28-27(29,30)26(39)41-18-8-7-16-10-17(13-33-21(16)11-18)34-24(38)22-14-40-25(36-22)20(35-23(37)19(32)12-31)9-6-15-4-2-1-3-5-15/h1-5,7-8,10-11,13-14,19-20H,6,9,12,31-32H2,(H,34,38)(H,35,37)/t19-,20-/m1/s1. The molecule has 214 valence electrons. The van der Waals surface area contributed by atoms with Crippen molar-refractivity contribution < 1.29 is 36.7 Å². The first-order chi connectivity index (χ1) is 19.5. The lowest BCUT2D eigenvalue weighted by molar-refractivity contribution is -0.189. The van der Waals surface area contributed by atoms with Gasteiger partial charge in [-0.15, -0.1) is 0 Å². The molecule has 0 saturated carbocycles. The number of nitrogens with two attached hydrogens (primary N) is 2. The Morgan fingerprint density at radius 3 is 2.54 bits per heavy atom. The van der Waals surface area contributed by atoms with Gasteiger partial charge in [0.25, 0.3) is 5.91 Å². The number of carbonyl (C=O) groups is 3. The van der Waals surface area contributed by atoms with E-state index in [1.807, 2.05) is 30.3 Å². The number of pyridine rings is 1. The zero-order chi connectivity index (χ0) is 29.6. The zero-order valence-electron chi connectivity index (χ0n) is 21.4. The Labute approximate surface area is 231 Å². The first-order valence-electron chi connectivity index (χ1n) is 12.3. The molecule has 0 aliphatic carbocycles. The molecule has 2 heterocycles. The van der Waals surface area contributed by atoms with Gasteiger partial charge < -0.3 is 31.3 Å². The summed E-state index contributed by atoms with van der Waals surface area (Å²) >= 11 is 0. The molecule has 2 aromatic heterocycles. The highest BCUT2D eigenvalue weighted by Gasteiger charge is 2.41. The van der Waals surface area contributed by atoms with Crippen molar-refractivity contribution in [2.45, 2.75) is 31.1 Å². The molecule has 14 heteroatoms. The van der Waals surface area contributed by atoms with Crippen molar-refractivity contribution in [3.8, 4) is 5.75 Å². The van der Waals surface area contributed by atoms with Gasteiger partial charge in [0.05, 0.1) is 23.4 Å². The van der Waals surface area contributed by atoms with Crippen molar-refractivity contribution in [3.05, 3.63) is 84.2 Å². The number of aromatic nitrogens is 2. The fourth-order valence-corrected chi connectivity index (χ4v) is 3.74. The Hall–Kier alpha value is -4.82. The van der Waals surface area contributed by atoms with Gasteiger partial charge in [0, 0.05) is 18.0 Å². The molecule has 0 bridgehead atoms. The van der Waals surface area contributed by atoms with Crippen LogP contribution in [0.2, 0.25) is 0 Å². The largest absolute Gasteiger partial charge is 0.491 e. The highest BCUT2D eigenvalue weighted by atomic mass is 19.4. The van der Waals surface area contributed by atoms with Crippen LogP contribution in [-0.2, 0) is 16.0 Å². The van der Waals surface area contributed by atoms with E-state index in [4.69, 9.17) is 15.9 Å². The molecule has 2 atom stereocenters. The molecule has 2 amide bonds. The normalized spacial score (nSPS) is 12.9. The van der Waals surface area contributed by atoms with Crippen molar-refractivity contribution in [1.82, 2.24) is 15.3 Å². The number of amides is 2. The Morgan fingerprint density at radius 2 is 1.83 bits per heavy atom. The van der Waals surface area contributed by atoms with Gasteiger partial charge in [-0.25, -0.2) is 9.78 Å². The van der Waals surface area contributed by atoms with Crippen LogP contribution in [0.15, 0.2) is 71.5 Å². The number of anilines is 1. The second-order valence-electron chi connectivity index (χ2n) is 8.92. The number of hydrogen-bond acceptors (Lipinski definition) is 9. The lowest BCUT2D eigenvalue weighted by atomic mass is 10.0. The summed E-state index contributed by atoms with van der Waals surface area (Å²) < 4.78 is 47.2. The number of benzene rings is 2. The molecule has 6 N–H and O–H groups in total. The van der Waals surface area contributed by atoms with Gasteiger partial charge in [-0.1, -0.05) is 30.3 Å². The number of hydrogen-bond donors (Lipinski definition) is 4. The summed E-state index contributed by atoms with van der Waals surface area (Å²) in [4.78, 5) is 44.7. The fraction of sp³-hybridized carbons (Fsp3) is 0.222. The number of nitrogens with one attached hydrogen (secondary N) is 2. The number of nitrogens with zero attached hydrogens (tertiary/aromatic N) is 2. The Bertz CT molecular complexity index is 1540. The van der Waals surface area contributed by atoms with Crippen molar-refractivity contribution in [3.63, 3.8) is 0 Å². The fourth-order valence-electron chi connectivity index (χ4n) is 3.74. The summed E-state index contributed by atoms with van der Waals surface area (Å²) in [6, 6.07) is 13.2. The number of aryl methyl sites for hydroxylation is 1. The first-order valence-corrected chi connectivity index (χ1v) is 12.3. The number of fused-ring (bicyclic) bond motifs is 1. The van der Waals surface area contributed by atoms with Crippen LogP contribution in [-0.4, -0.2) is 46.5 Å². The second-order valence-corrected chi connectivity index (χ2v) is 8.92. The summed E-state index contributed by atoms with van der Waals surface area (Å²) in [5.41, 5.74) is 12.7. The van der Waals surface area contributed by atoms with Gasteiger partial charge in [-0.3, -0.25) is 14.6 Å². The van der Waals surface area contributed by atoms with Crippen LogP contribution >= 0.6 is 0 Å². The monoisotopic (exact) mass is 570 g/mol. The van der Waals surface area contributed by atoms with Crippen LogP contribution in [0.25, 0.3) is 10.9 Å². The van der Waals surface area contributed by atoms with Gasteiger partial charge in [0.1, 0.15) is 18.1 Å². The molecule has 11 nitrogen and oxygen atoms in total. The second kappa shape index (κ2) is 12.6. The third-order valence-electron chi connectivity index (χ3n) is 5.88. The molecule has 0 saturated heterocycles. The third-order valence-corrected chi connectivity index (χ3v) is 5.88. The average molecular weight is 571 g/mol. The summed E-state index contributed by atoms with van der Waals surface area (Å²) in [6.45, 7) is -0.0592. The van der Waals surface area contributed by atoms with E-state index in [0.29, 0.717) is 18.2 Å². The molecule has 0 aliphatic heterocycles. The van der Waals surface area contributed by atoms with Crippen LogP contribution in [0.5, 0.6) is 5.75 Å². The summed E-state index contributed by atoms with van der Waals surface area (Å²) in [6.07, 6.45) is -1.74. The predicted molar refractivity (Wildman–Crippen MR) is 141 cm³/mol. The van der Waals surface area contributed by atoms with Gasteiger partial charge in [0.2, 0.25) is 11.8 Å². The Balaban J connectivity index is 1.46. The van der Waals surface area contributed by atoms with Crippen molar-refractivity contribution in [2.24, 2.45) is 11.5 Å². The van der Waals surface area contributed by atoms with E-state index < -0.39 is 36.0 Å². The SMILES string of the molecule is NC[C@@H](N)C(=O)N[C@H](CCc1ccccc1)c1nc(C(=O)Nc2cnc3cc(OC(=O)C(F)(F)F)ccc3c2)co1. The van der Waals surface area contributed by atoms with Crippen molar-refractivity contribution in [2.75, 3.05) is 11.9 Å². The van der Waals surface area contributed by atoms with E-state index in [0.717, 1.165) is 17.9 Å². The lowest BCUT2D eigenvalue weighted by Crippen LogP contribution is -2.46. The maximum absolute atomic E-state index is 12.9. The molecule has 4 rings (SSSR count). The van der Waals surface area contributed by atoms with Crippen LogP contribution in [0.4, 0.5) is 18.9 Å². The molecule has 2 aromatic carbocycles. The maximum atomic E-state index is 12.9. The van der Waals surface area contributed by atoms with Crippen LogP contribution in [0.3, 0.4) is 0 Å². The van der Waals surface area contributed by atoms with Crippen LogP contribution in [0.1, 0.15) is 34.4 Å². The number of esters is 1. The maximum Gasteiger partial charge on any atom is 0.491 e. The Morgan fingerprint density at radius 1 is 1.07 bits per heavy atom. The molecule has 0 fully saturated rings. The summed E-state index contributed by atoms with van der Waals surface area (Å²) in [7, 11) is 0. The topological polar surface area (TPSA) is 175 Å². The van der Waals surface area contributed by atoms with Gasteiger partial charge in [0.15, 0.2) is 5.69 Å². The minimum absolute atomic E-state index is 0.0592. The highest BCUT2D eigenvalue weighted by Crippen LogP contribution is 2.25. The Kier molecular flexibility index (Phi) is 8.94. The number of alkyl halides is 3. The smallest absolute Gasteiger partial charge is 0.446 e. The van der Waals surface area contributed by atoms with Gasteiger partial charge >= 0.3 is 12.1 Å². The first kappa shape index (κ1) is 29.2. The molecule has 0 radical (unpaired) electrons. The molecular formula is C27H25F3N6O5. The highest BCUT2D eigenvalue weighted by molar-refractivity contribution is 6.03. The molecule has 41 heavy (non-hydrogen) atoms. The van der Waals surface area contributed by atoms with Gasteiger partial charge in [-0.05, 0) is 36.6 Å². The van der Waals surface area contributed by atoms with Crippen LogP contribution < -0.4 is 26.8 Å². The van der Waals surface area contributed by atoms with E-state index >= 15 is 0 Å².